The van der Waals surface area contributed by atoms with Crippen LogP contribution in [-0.4, -0.2) is 63.3 Å². The van der Waals surface area contributed by atoms with Gasteiger partial charge in [-0.25, -0.2) is 0 Å². The van der Waals surface area contributed by atoms with Gasteiger partial charge in [-0.05, 0) is 35.9 Å². The van der Waals surface area contributed by atoms with Crippen LogP contribution in [0.5, 0.6) is 11.5 Å². The highest BCUT2D eigenvalue weighted by molar-refractivity contribution is 7.17. The van der Waals surface area contributed by atoms with Crippen molar-refractivity contribution >= 4 is 29.2 Å². The third-order valence-corrected chi connectivity index (χ3v) is 5.15. The molecule has 28 heavy (non-hydrogen) atoms. The second kappa shape index (κ2) is 8.75. The van der Waals surface area contributed by atoms with Crippen molar-refractivity contribution in [2.45, 2.75) is 0 Å². The highest BCUT2D eigenvalue weighted by Gasteiger charge is 2.24. The van der Waals surface area contributed by atoms with Crippen LogP contribution < -0.4 is 9.47 Å². The van der Waals surface area contributed by atoms with Crippen LogP contribution in [0.15, 0.2) is 30.3 Å². The minimum atomic E-state index is -0.624. The van der Waals surface area contributed by atoms with Crippen molar-refractivity contribution in [3.63, 3.8) is 0 Å². The summed E-state index contributed by atoms with van der Waals surface area (Å²) >= 11 is 1.25. The molecule has 1 aliphatic heterocycles. The molecule has 0 saturated heterocycles. The van der Waals surface area contributed by atoms with Crippen LogP contribution in [0, 0.1) is 0 Å². The van der Waals surface area contributed by atoms with Crippen molar-refractivity contribution in [3.8, 4) is 21.9 Å². The summed E-state index contributed by atoms with van der Waals surface area (Å²) in [5.41, 5.74) is 0.876. The number of rotatable bonds is 6. The number of esters is 2. The van der Waals surface area contributed by atoms with Gasteiger partial charge in [-0.15, -0.1) is 11.3 Å². The maximum absolute atomic E-state index is 12.8. The van der Waals surface area contributed by atoms with Gasteiger partial charge < -0.3 is 23.8 Å². The number of hydrogen-bond acceptors (Lipinski definition) is 8. The van der Waals surface area contributed by atoms with E-state index in [9.17, 15) is 14.4 Å². The summed E-state index contributed by atoms with van der Waals surface area (Å²) in [6.45, 7) is 0.310. The Kier molecular flexibility index (Phi) is 6.15. The van der Waals surface area contributed by atoms with Crippen molar-refractivity contribution in [2.24, 2.45) is 0 Å². The summed E-state index contributed by atoms with van der Waals surface area (Å²) in [4.78, 5) is 38.3. The third kappa shape index (κ3) is 4.42. The molecule has 8 nitrogen and oxygen atoms in total. The van der Waals surface area contributed by atoms with Crippen LogP contribution in [0.4, 0.5) is 0 Å². The Morgan fingerprint density at radius 2 is 1.61 bits per heavy atom. The first-order valence-corrected chi connectivity index (χ1v) is 9.26. The smallest absolute Gasteiger partial charge is 0.325 e. The highest BCUT2D eigenvalue weighted by Crippen LogP contribution is 2.37. The molecular weight excluding hydrogens is 386 g/mol. The lowest BCUT2D eigenvalue weighted by Crippen LogP contribution is -2.39. The van der Waals surface area contributed by atoms with E-state index < -0.39 is 17.8 Å². The molecule has 3 rings (SSSR count). The fourth-order valence-electron chi connectivity index (χ4n) is 2.60. The van der Waals surface area contributed by atoms with Crippen molar-refractivity contribution in [3.05, 3.63) is 35.2 Å². The number of fused-ring (bicyclic) bond motifs is 1. The molecule has 2 heterocycles. The Labute approximate surface area is 165 Å². The topological polar surface area (TPSA) is 91.4 Å². The standard InChI is InChI=1S/C19H19NO7S/c1-24-17(21)10-20(11-18(22)25-2)19(23)16-6-5-15(28-16)12-3-4-13-14(9-12)27-8-7-26-13/h3-6,9H,7-8,10-11H2,1-2H3. The largest absolute Gasteiger partial charge is 0.486 e. The zero-order valence-corrected chi connectivity index (χ0v) is 16.2. The first-order chi connectivity index (χ1) is 13.5. The van der Waals surface area contributed by atoms with E-state index in [2.05, 4.69) is 9.47 Å². The lowest BCUT2D eigenvalue weighted by atomic mass is 10.1. The first kappa shape index (κ1) is 19.7. The lowest BCUT2D eigenvalue weighted by Gasteiger charge is -2.19. The van der Waals surface area contributed by atoms with Gasteiger partial charge in [-0.3, -0.25) is 14.4 Å². The monoisotopic (exact) mass is 405 g/mol. The summed E-state index contributed by atoms with van der Waals surface area (Å²) < 4.78 is 20.3. The molecule has 0 aliphatic carbocycles. The van der Waals surface area contributed by atoms with Gasteiger partial charge in [0.25, 0.3) is 5.91 Å². The molecule has 0 radical (unpaired) electrons. The molecule has 9 heteroatoms. The van der Waals surface area contributed by atoms with Crippen LogP contribution in [0.3, 0.4) is 0 Å². The van der Waals surface area contributed by atoms with Crippen LogP contribution in [0.25, 0.3) is 10.4 Å². The summed E-state index contributed by atoms with van der Waals surface area (Å²) in [7, 11) is 2.43. The Balaban J connectivity index is 1.81. The van der Waals surface area contributed by atoms with Crippen LogP contribution >= 0.6 is 11.3 Å². The summed E-state index contributed by atoms with van der Waals surface area (Å²) in [6, 6.07) is 9.02. The average molecular weight is 405 g/mol. The Hall–Kier alpha value is -3.07. The molecule has 0 fully saturated rings. The van der Waals surface area contributed by atoms with E-state index in [1.165, 1.54) is 25.6 Å². The minimum Gasteiger partial charge on any atom is -0.486 e. The quantitative estimate of drug-likeness (QED) is 0.679. The van der Waals surface area contributed by atoms with Crippen molar-refractivity contribution in [1.29, 1.82) is 0 Å². The fraction of sp³-hybridized carbons (Fsp3) is 0.316. The predicted octanol–water partition coefficient (Wildman–Crippen LogP) is 1.97. The van der Waals surface area contributed by atoms with Gasteiger partial charge in [-0.1, -0.05) is 0 Å². The molecule has 1 amide bonds. The fourth-order valence-corrected chi connectivity index (χ4v) is 3.57. The SMILES string of the molecule is COC(=O)CN(CC(=O)OC)C(=O)c1ccc(-c2ccc3c(c2)OCCO3)s1. The predicted molar refractivity (Wildman–Crippen MR) is 101 cm³/mol. The molecule has 0 atom stereocenters. The van der Waals surface area contributed by atoms with E-state index in [4.69, 9.17) is 9.47 Å². The van der Waals surface area contributed by atoms with Gasteiger partial charge in [0, 0.05) is 4.88 Å². The number of carbonyl (C=O) groups excluding carboxylic acids is 3. The van der Waals surface area contributed by atoms with E-state index in [-0.39, 0.29) is 13.1 Å². The second-order valence-electron chi connectivity index (χ2n) is 5.84. The maximum atomic E-state index is 12.8. The molecule has 148 valence electrons. The van der Waals surface area contributed by atoms with E-state index in [0.717, 1.165) is 15.3 Å². The number of nitrogens with zero attached hydrogens (tertiary/aromatic N) is 1. The van der Waals surface area contributed by atoms with E-state index in [0.29, 0.717) is 29.6 Å². The Morgan fingerprint density at radius 1 is 0.964 bits per heavy atom. The normalized spacial score (nSPS) is 12.2. The molecule has 1 aliphatic rings. The number of hydrogen-bond donors (Lipinski definition) is 0. The summed E-state index contributed by atoms with van der Waals surface area (Å²) in [5, 5.41) is 0. The van der Waals surface area contributed by atoms with E-state index in [1.54, 1.807) is 12.1 Å². The van der Waals surface area contributed by atoms with Crippen molar-refractivity contribution < 1.29 is 33.3 Å². The summed E-state index contributed by atoms with van der Waals surface area (Å²) in [6.07, 6.45) is 0. The van der Waals surface area contributed by atoms with E-state index in [1.807, 2.05) is 18.2 Å². The molecule has 0 N–H and O–H groups in total. The van der Waals surface area contributed by atoms with Crippen LogP contribution in [-0.2, 0) is 19.1 Å². The molecule has 0 spiro atoms. The van der Waals surface area contributed by atoms with Crippen LogP contribution in [0.2, 0.25) is 0 Å². The zero-order chi connectivity index (χ0) is 20.1. The van der Waals surface area contributed by atoms with Crippen molar-refractivity contribution in [1.82, 2.24) is 4.90 Å². The molecule has 0 unspecified atom stereocenters. The van der Waals surface area contributed by atoms with Crippen molar-refractivity contribution in [2.75, 3.05) is 40.5 Å². The van der Waals surface area contributed by atoms with Gasteiger partial charge >= 0.3 is 11.9 Å². The van der Waals surface area contributed by atoms with Crippen LogP contribution in [0.1, 0.15) is 9.67 Å². The van der Waals surface area contributed by atoms with Gasteiger partial charge in [0.05, 0.1) is 19.1 Å². The number of thiophene rings is 1. The summed E-state index contributed by atoms with van der Waals surface area (Å²) in [5.74, 6) is -0.362. The molecule has 1 aromatic carbocycles. The number of carbonyl (C=O) groups is 3. The minimum absolute atomic E-state index is 0.346. The average Bonchev–Trinajstić information content (AvgIpc) is 3.22. The van der Waals surface area contributed by atoms with Gasteiger partial charge in [0.1, 0.15) is 26.3 Å². The highest BCUT2D eigenvalue weighted by atomic mass is 32.1. The zero-order valence-electron chi connectivity index (χ0n) is 15.4. The third-order valence-electron chi connectivity index (χ3n) is 4.03. The van der Waals surface area contributed by atoms with Gasteiger partial charge in [0.2, 0.25) is 0 Å². The Bertz CT molecular complexity index is 874. The molecule has 1 aromatic heterocycles. The Morgan fingerprint density at radius 3 is 2.25 bits per heavy atom. The number of ether oxygens (including phenoxy) is 4. The molecule has 0 saturated carbocycles. The second-order valence-corrected chi connectivity index (χ2v) is 6.92. The van der Waals surface area contributed by atoms with Gasteiger partial charge in [0.15, 0.2) is 11.5 Å². The van der Waals surface area contributed by atoms with E-state index >= 15 is 0 Å². The van der Waals surface area contributed by atoms with Gasteiger partial charge in [-0.2, -0.15) is 0 Å². The molecular formula is C19H19NO7S. The number of benzene rings is 1. The first-order valence-electron chi connectivity index (χ1n) is 8.44. The number of amides is 1. The molecule has 0 bridgehead atoms. The lowest BCUT2D eigenvalue weighted by molar-refractivity contribution is -0.144. The molecule has 2 aromatic rings. The number of methoxy groups -OCH3 is 2. The maximum Gasteiger partial charge on any atom is 0.325 e.